The number of hydrogen-bond donors (Lipinski definition) is 2. The molecule has 0 bridgehead atoms. The highest BCUT2D eigenvalue weighted by Gasteiger charge is 2.71. The first kappa shape index (κ1) is 22.9. The summed E-state index contributed by atoms with van der Waals surface area (Å²) in [6.07, 6.45) is 3.12. The van der Waals surface area contributed by atoms with Crippen molar-refractivity contribution in [3.8, 4) is 11.5 Å². The summed E-state index contributed by atoms with van der Waals surface area (Å²) in [4.78, 5) is 2.43. The summed E-state index contributed by atoms with van der Waals surface area (Å²) in [5.41, 5.74) is 6.93. The van der Waals surface area contributed by atoms with E-state index in [2.05, 4.69) is 17.0 Å². The molecule has 5 nitrogen and oxygen atoms in total. The van der Waals surface area contributed by atoms with Gasteiger partial charge in [0.1, 0.15) is 18.1 Å². The summed E-state index contributed by atoms with van der Waals surface area (Å²) in [6.45, 7) is 3.83. The molecule has 3 N–H and O–H groups in total. The van der Waals surface area contributed by atoms with E-state index in [9.17, 15) is 5.11 Å². The van der Waals surface area contributed by atoms with Crippen LogP contribution in [0.5, 0.6) is 11.5 Å². The molecule has 2 aliphatic heterocycles. The van der Waals surface area contributed by atoms with Gasteiger partial charge < -0.3 is 20.3 Å². The van der Waals surface area contributed by atoms with E-state index in [0.29, 0.717) is 29.4 Å². The lowest BCUT2D eigenvalue weighted by molar-refractivity contribution is -0.112. The summed E-state index contributed by atoms with van der Waals surface area (Å²) < 4.78 is 12.9. The molecule has 2 fully saturated rings. The molecular formula is C29H31ClN2O3. The van der Waals surface area contributed by atoms with Gasteiger partial charge in [-0.1, -0.05) is 54.1 Å². The number of hydrogen-bond acceptors (Lipinski definition) is 5. The number of benzene rings is 3. The van der Waals surface area contributed by atoms with Crippen molar-refractivity contribution in [1.82, 2.24) is 4.90 Å². The van der Waals surface area contributed by atoms with Crippen molar-refractivity contribution < 1.29 is 14.6 Å². The third-order valence-electron chi connectivity index (χ3n) is 8.07. The van der Waals surface area contributed by atoms with E-state index in [-0.39, 0.29) is 5.92 Å². The van der Waals surface area contributed by atoms with Crippen LogP contribution in [0.4, 0.5) is 0 Å². The minimum absolute atomic E-state index is 0.142. The minimum Gasteiger partial charge on any atom is -0.492 e. The number of nitrogens with two attached hydrogens (primary N) is 1. The third kappa shape index (κ3) is 3.56. The van der Waals surface area contributed by atoms with Gasteiger partial charge in [0.2, 0.25) is 0 Å². The van der Waals surface area contributed by atoms with E-state index in [4.69, 9.17) is 26.8 Å². The number of nitrogens with zero attached hydrogens (tertiary/aromatic N) is 1. The molecule has 0 amide bonds. The average molecular weight is 491 g/mol. The normalized spacial score (nSPS) is 29.6. The molecule has 0 aromatic heterocycles. The summed E-state index contributed by atoms with van der Waals surface area (Å²) in [7, 11) is 0. The van der Waals surface area contributed by atoms with E-state index in [1.165, 1.54) is 12.8 Å². The Bertz CT molecular complexity index is 1200. The van der Waals surface area contributed by atoms with Crippen LogP contribution in [-0.2, 0) is 11.2 Å². The van der Waals surface area contributed by atoms with Crippen molar-refractivity contribution in [2.75, 3.05) is 26.2 Å². The van der Waals surface area contributed by atoms with Crippen LogP contribution < -0.4 is 15.2 Å². The summed E-state index contributed by atoms with van der Waals surface area (Å²) >= 11 is 6.23. The number of rotatable bonds is 6. The van der Waals surface area contributed by atoms with Crippen LogP contribution in [-0.4, -0.2) is 42.3 Å². The number of likely N-dealkylation sites (tertiary alicyclic amines) is 1. The Balaban J connectivity index is 1.39. The van der Waals surface area contributed by atoms with Gasteiger partial charge in [-0.3, -0.25) is 4.90 Å². The topological polar surface area (TPSA) is 68.0 Å². The van der Waals surface area contributed by atoms with Crippen LogP contribution in [0, 0.1) is 0 Å². The molecule has 0 unspecified atom stereocenters. The van der Waals surface area contributed by atoms with Gasteiger partial charge in [0, 0.05) is 35.2 Å². The molecule has 1 saturated carbocycles. The molecule has 2 heterocycles. The molecule has 0 spiro atoms. The molecule has 1 saturated heterocycles. The van der Waals surface area contributed by atoms with Gasteiger partial charge >= 0.3 is 0 Å². The lowest BCUT2D eigenvalue weighted by Crippen LogP contribution is -2.54. The highest BCUT2D eigenvalue weighted by molar-refractivity contribution is 6.30. The van der Waals surface area contributed by atoms with Crippen molar-refractivity contribution in [2.24, 2.45) is 5.73 Å². The zero-order valence-corrected chi connectivity index (χ0v) is 20.5. The Morgan fingerprint density at radius 1 is 1.03 bits per heavy atom. The van der Waals surface area contributed by atoms with E-state index in [0.717, 1.165) is 36.5 Å². The lowest BCUT2D eigenvalue weighted by atomic mass is 9.71. The van der Waals surface area contributed by atoms with Gasteiger partial charge in [-0.2, -0.15) is 0 Å². The summed E-state index contributed by atoms with van der Waals surface area (Å²) in [5, 5.41) is 13.1. The SMILES string of the molecule is N[C@@H]1C[C@@H](c2ccccc2)[C@]2(c3ccc(Cl)cc3)Oc3cc(OCCN4CCCC4)ccc3[C@]12O. The number of aliphatic hydroxyl groups is 1. The maximum absolute atomic E-state index is 12.4. The zero-order valence-electron chi connectivity index (χ0n) is 19.7. The predicted octanol–water partition coefficient (Wildman–Crippen LogP) is 4.80. The molecule has 3 aromatic carbocycles. The van der Waals surface area contributed by atoms with Crippen LogP contribution in [0.25, 0.3) is 0 Å². The molecule has 0 radical (unpaired) electrons. The quantitative estimate of drug-likeness (QED) is 0.519. The van der Waals surface area contributed by atoms with Crippen molar-refractivity contribution >= 4 is 11.6 Å². The Morgan fingerprint density at radius 2 is 1.77 bits per heavy atom. The van der Waals surface area contributed by atoms with Gasteiger partial charge in [-0.25, -0.2) is 0 Å². The van der Waals surface area contributed by atoms with Gasteiger partial charge in [0.25, 0.3) is 0 Å². The Labute approximate surface area is 211 Å². The fraction of sp³-hybridized carbons (Fsp3) is 0.379. The maximum Gasteiger partial charge on any atom is 0.175 e. The highest BCUT2D eigenvalue weighted by Crippen LogP contribution is 2.66. The minimum atomic E-state index is -1.40. The van der Waals surface area contributed by atoms with Crippen molar-refractivity contribution in [2.45, 2.75) is 42.4 Å². The monoisotopic (exact) mass is 490 g/mol. The second-order valence-corrected chi connectivity index (χ2v) is 10.4. The van der Waals surface area contributed by atoms with Gasteiger partial charge in [-0.15, -0.1) is 0 Å². The maximum atomic E-state index is 12.4. The molecule has 6 rings (SSSR count). The summed E-state index contributed by atoms with van der Waals surface area (Å²) in [5.74, 6) is 1.22. The van der Waals surface area contributed by atoms with Crippen molar-refractivity contribution in [3.63, 3.8) is 0 Å². The van der Waals surface area contributed by atoms with Crippen LogP contribution in [0.15, 0.2) is 72.8 Å². The first-order valence-corrected chi connectivity index (χ1v) is 12.9. The second kappa shape index (κ2) is 8.82. The van der Waals surface area contributed by atoms with Crippen LogP contribution in [0.3, 0.4) is 0 Å². The molecular weight excluding hydrogens is 460 g/mol. The van der Waals surface area contributed by atoms with Crippen molar-refractivity contribution in [3.05, 3.63) is 94.5 Å². The highest BCUT2D eigenvalue weighted by atomic mass is 35.5. The molecule has 182 valence electrons. The molecule has 4 atom stereocenters. The molecule has 35 heavy (non-hydrogen) atoms. The van der Waals surface area contributed by atoms with E-state index in [1.54, 1.807) is 0 Å². The fourth-order valence-electron chi connectivity index (χ4n) is 6.38. The third-order valence-corrected chi connectivity index (χ3v) is 8.32. The van der Waals surface area contributed by atoms with E-state index >= 15 is 0 Å². The number of fused-ring (bicyclic) bond motifs is 3. The van der Waals surface area contributed by atoms with Gasteiger partial charge in [-0.05, 0) is 67.7 Å². The van der Waals surface area contributed by atoms with Crippen LogP contribution >= 0.6 is 11.6 Å². The van der Waals surface area contributed by atoms with Gasteiger partial charge in [0.05, 0.1) is 0 Å². The molecule has 6 heteroatoms. The Hall–Kier alpha value is -2.57. The lowest BCUT2D eigenvalue weighted by Gasteiger charge is -2.41. The number of ether oxygens (including phenoxy) is 2. The van der Waals surface area contributed by atoms with Crippen LogP contribution in [0.1, 0.15) is 41.9 Å². The Kier molecular flexibility index (Phi) is 5.76. The Morgan fingerprint density at radius 3 is 2.51 bits per heavy atom. The first-order valence-electron chi connectivity index (χ1n) is 12.5. The zero-order chi connectivity index (χ0) is 24.0. The van der Waals surface area contributed by atoms with Gasteiger partial charge in [0.15, 0.2) is 11.2 Å². The van der Waals surface area contributed by atoms with Crippen LogP contribution in [0.2, 0.25) is 5.02 Å². The fourth-order valence-corrected chi connectivity index (χ4v) is 6.50. The predicted molar refractivity (Wildman–Crippen MR) is 137 cm³/mol. The van der Waals surface area contributed by atoms with E-state index < -0.39 is 17.2 Å². The molecule has 3 aliphatic rings. The largest absolute Gasteiger partial charge is 0.492 e. The second-order valence-electron chi connectivity index (χ2n) is 9.97. The molecule has 1 aliphatic carbocycles. The smallest absolute Gasteiger partial charge is 0.175 e. The van der Waals surface area contributed by atoms with E-state index in [1.807, 2.05) is 60.7 Å². The summed E-state index contributed by atoms with van der Waals surface area (Å²) in [6, 6.07) is 23.0. The average Bonchev–Trinajstić information content (AvgIpc) is 3.54. The van der Waals surface area contributed by atoms with Crippen molar-refractivity contribution in [1.29, 1.82) is 0 Å². The first-order chi connectivity index (χ1) is 17.0. The standard InChI is InChI=1S/C29H31ClN2O3/c30-22-10-8-21(9-11-22)29-25(20-6-2-1-3-7-20)19-27(31)28(29,33)24-13-12-23(18-26(24)35-29)34-17-16-32-14-4-5-15-32/h1-3,6-13,18,25,27,33H,4-5,14-17,19,31H2/t25-,27+,28-,29-/m0/s1. The number of halogens is 1. The molecule has 3 aromatic rings.